The van der Waals surface area contributed by atoms with Crippen LogP contribution < -0.4 is 10.6 Å². The number of aromatic nitrogens is 3. The number of carbonyl (C=O) groups excluding carboxylic acids is 2. The van der Waals surface area contributed by atoms with Gasteiger partial charge in [-0.25, -0.2) is 4.79 Å². The second-order valence-corrected chi connectivity index (χ2v) is 6.96. The number of hydrogen-bond donors (Lipinski definition) is 2. The molecule has 3 amide bonds. The molecule has 136 valence electrons. The highest BCUT2D eigenvalue weighted by Gasteiger charge is 2.30. The Morgan fingerprint density at radius 2 is 2.04 bits per heavy atom. The number of thioether (sulfide) groups is 1. The smallest absolute Gasteiger partial charge is 0.321 e. The number of benzene rings is 1. The van der Waals surface area contributed by atoms with Crippen LogP contribution in [0.1, 0.15) is 30.1 Å². The Balaban J connectivity index is 1.63. The molecule has 3 rings (SSSR count). The van der Waals surface area contributed by atoms with Gasteiger partial charge in [-0.1, -0.05) is 48.2 Å². The first-order chi connectivity index (χ1) is 12.7. The first kappa shape index (κ1) is 18.2. The summed E-state index contributed by atoms with van der Waals surface area (Å²) in [5.74, 6) is 1.15. The van der Waals surface area contributed by atoms with Crippen molar-refractivity contribution >= 4 is 23.7 Å². The Labute approximate surface area is 156 Å². The number of nitrogens with zero attached hydrogens (tertiary/aromatic N) is 3. The van der Waals surface area contributed by atoms with Crippen LogP contribution in [0.25, 0.3) is 0 Å². The van der Waals surface area contributed by atoms with Gasteiger partial charge in [-0.3, -0.25) is 10.1 Å². The first-order valence-electron chi connectivity index (χ1n) is 8.45. The van der Waals surface area contributed by atoms with Crippen molar-refractivity contribution in [1.82, 2.24) is 25.4 Å². The van der Waals surface area contributed by atoms with Crippen molar-refractivity contribution in [2.45, 2.75) is 30.5 Å². The van der Waals surface area contributed by atoms with Gasteiger partial charge in [0, 0.05) is 12.5 Å². The van der Waals surface area contributed by atoms with Crippen molar-refractivity contribution in [3.8, 4) is 0 Å². The molecule has 0 saturated heterocycles. The van der Waals surface area contributed by atoms with E-state index < -0.39 is 6.03 Å². The molecular weight excluding hydrogens is 350 g/mol. The van der Waals surface area contributed by atoms with E-state index in [2.05, 4.69) is 44.1 Å². The van der Waals surface area contributed by atoms with Crippen molar-refractivity contribution < 1.29 is 9.59 Å². The minimum absolute atomic E-state index is 0.0963. The number of imide groups is 1. The van der Waals surface area contributed by atoms with E-state index in [9.17, 15) is 9.59 Å². The molecule has 0 unspecified atom stereocenters. The summed E-state index contributed by atoms with van der Waals surface area (Å²) in [5.41, 5.74) is 1.16. The van der Waals surface area contributed by atoms with E-state index in [0.29, 0.717) is 24.2 Å². The lowest BCUT2D eigenvalue weighted by atomic mass is 10.2. The Hall–Kier alpha value is -2.61. The molecule has 0 atom stereocenters. The molecule has 0 aliphatic heterocycles. The molecule has 2 aromatic rings. The zero-order chi connectivity index (χ0) is 18.4. The van der Waals surface area contributed by atoms with E-state index >= 15 is 0 Å². The van der Waals surface area contributed by atoms with Crippen molar-refractivity contribution in [2.24, 2.45) is 0 Å². The van der Waals surface area contributed by atoms with Gasteiger partial charge >= 0.3 is 6.03 Å². The van der Waals surface area contributed by atoms with Gasteiger partial charge < -0.3 is 9.88 Å². The summed E-state index contributed by atoms with van der Waals surface area (Å²) in [6, 6.07) is 9.57. The molecule has 7 nitrogen and oxygen atoms in total. The van der Waals surface area contributed by atoms with Crippen LogP contribution in [0.3, 0.4) is 0 Å². The molecule has 1 aliphatic carbocycles. The first-order valence-corrected chi connectivity index (χ1v) is 9.44. The minimum atomic E-state index is -0.528. The average molecular weight is 371 g/mol. The van der Waals surface area contributed by atoms with E-state index in [1.807, 2.05) is 18.2 Å². The molecule has 8 heteroatoms. The zero-order valence-electron chi connectivity index (χ0n) is 14.4. The van der Waals surface area contributed by atoms with Gasteiger partial charge in [-0.2, -0.15) is 0 Å². The van der Waals surface area contributed by atoms with E-state index in [-0.39, 0.29) is 11.7 Å². The third-order valence-electron chi connectivity index (χ3n) is 3.86. The van der Waals surface area contributed by atoms with Crippen molar-refractivity contribution in [3.63, 3.8) is 0 Å². The van der Waals surface area contributed by atoms with Gasteiger partial charge in [0.25, 0.3) is 0 Å². The van der Waals surface area contributed by atoms with Crippen LogP contribution in [0.5, 0.6) is 0 Å². The molecule has 0 radical (unpaired) electrons. The molecule has 1 heterocycles. The van der Waals surface area contributed by atoms with Gasteiger partial charge in [-0.05, 0) is 18.4 Å². The van der Waals surface area contributed by atoms with Crippen molar-refractivity contribution in [1.29, 1.82) is 0 Å². The number of carbonyl (C=O) groups is 2. The Kier molecular flexibility index (Phi) is 6.06. The SMILES string of the molecule is C=CCNC(=O)NC(=O)CSc1nnc(C2CC2)n1Cc1ccccc1. The number of nitrogens with one attached hydrogen (secondary N) is 2. The molecule has 1 aromatic carbocycles. The third-order valence-corrected chi connectivity index (χ3v) is 4.83. The topological polar surface area (TPSA) is 88.9 Å². The summed E-state index contributed by atoms with van der Waals surface area (Å²) in [7, 11) is 0. The molecule has 2 N–H and O–H groups in total. The fourth-order valence-corrected chi connectivity index (χ4v) is 3.21. The van der Waals surface area contributed by atoms with Crippen molar-refractivity contribution in [2.75, 3.05) is 12.3 Å². The van der Waals surface area contributed by atoms with E-state index in [4.69, 9.17) is 0 Å². The molecular formula is C18H21N5O2S. The second-order valence-electron chi connectivity index (χ2n) is 6.02. The van der Waals surface area contributed by atoms with Gasteiger partial charge in [0.2, 0.25) is 5.91 Å². The molecule has 1 saturated carbocycles. The van der Waals surface area contributed by atoms with Gasteiger partial charge in [0.05, 0.1) is 12.3 Å². The highest BCUT2D eigenvalue weighted by Crippen LogP contribution is 2.40. The van der Waals surface area contributed by atoms with Crippen LogP contribution in [0.15, 0.2) is 48.1 Å². The largest absolute Gasteiger partial charge is 0.334 e. The minimum Gasteiger partial charge on any atom is -0.334 e. The van der Waals surface area contributed by atoms with Crippen molar-refractivity contribution in [3.05, 3.63) is 54.4 Å². The van der Waals surface area contributed by atoms with E-state index in [1.54, 1.807) is 6.08 Å². The lowest BCUT2D eigenvalue weighted by Gasteiger charge is -2.10. The van der Waals surface area contributed by atoms with Gasteiger partial charge in [0.1, 0.15) is 5.82 Å². The van der Waals surface area contributed by atoms with Crippen LogP contribution in [-0.2, 0) is 11.3 Å². The number of urea groups is 1. The van der Waals surface area contributed by atoms with Crippen LogP contribution in [-0.4, -0.2) is 39.0 Å². The Morgan fingerprint density at radius 1 is 1.27 bits per heavy atom. The molecule has 26 heavy (non-hydrogen) atoms. The summed E-state index contributed by atoms with van der Waals surface area (Å²) in [4.78, 5) is 23.4. The molecule has 0 spiro atoms. The summed E-state index contributed by atoms with van der Waals surface area (Å²) in [6.45, 7) is 4.48. The highest BCUT2D eigenvalue weighted by atomic mass is 32.2. The predicted octanol–water partition coefficient (Wildman–Crippen LogP) is 2.31. The maximum atomic E-state index is 11.9. The Morgan fingerprint density at radius 3 is 2.73 bits per heavy atom. The molecule has 1 fully saturated rings. The van der Waals surface area contributed by atoms with E-state index in [1.165, 1.54) is 11.8 Å². The monoisotopic (exact) mass is 371 g/mol. The zero-order valence-corrected chi connectivity index (χ0v) is 15.2. The number of amides is 3. The van der Waals surface area contributed by atoms with Gasteiger partial charge in [0.15, 0.2) is 5.16 Å². The standard InChI is InChI=1S/C18H21N5O2S/c1-2-10-19-17(25)20-15(24)12-26-18-22-21-16(14-8-9-14)23(18)11-13-6-4-3-5-7-13/h2-7,14H,1,8-12H2,(H2,19,20,24,25). The number of rotatable bonds is 8. The summed E-state index contributed by atoms with van der Waals surface area (Å²) in [6.07, 6.45) is 3.80. The third kappa shape index (κ3) is 4.95. The Bertz CT molecular complexity index is 786. The maximum absolute atomic E-state index is 11.9. The van der Waals surface area contributed by atoms with Crippen LogP contribution >= 0.6 is 11.8 Å². The summed E-state index contributed by atoms with van der Waals surface area (Å²) >= 11 is 1.28. The second kappa shape index (κ2) is 8.66. The highest BCUT2D eigenvalue weighted by molar-refractivity contribution is 7.99. The lowest BCUT2D eigenvalue weighted by Crippen LogP contribution is -2.40. The van der Waals surface area contributed by atoms with Gasteiger partial charge in [-0.15, -0.1) is 16.8 Å². The summed E-state index contributed by atoms with van der Waals surface area (Å²) < 4.78 is 2.07. The lowest BCUT2D eigenvalue weighted by molar-refractivity contribution is -0.117. The predicted molar refractivity (Wildman–Crippen MR) is 100 cm³/mol. The maximum Gasteiger partial charge on any atom is 0.321 e. The van der Waals surface area contributed by atoms with Crippen LogP contribution in [0.4, 0.5) is 4.79 Å². The molecule has 1 aliphatic rings. The normalized spacial score (nSPS) is 13.2. The fourth-order valence-electron chi connectivity index (χ4n) is 2.47. The fraction of sp³-hybridized carbons (Fsp3) is 0.333. The van der Waals surface area contributed by atoms with Crippen LogP contribution in [0, 0.1) is 0 Å². The van der Waals surface area contributed by atoms with Crippen LogP contribution in [0.2, 0.25) is 0 Å². The van der Waals surface area contributed by atoms with E-state index in [0.717, 1.165) is 24.2 Å². The number of hydrogen-bond acceptors (Lipinski definition) is 5. The average Bonchev–Trinajstić information content (AvgIpc) is 3.41. The summed E-state index contributed by atoms with van der Waals surface area (Å²) in [5, 5.41) is 14.1. The quantitative estimate of drug-likeness (QED) is 0.549. The molecule has 0 bridgehead atoms. The molecule has 1 aromatic heterocycles.